The fourth-order valence-electron chi connectivity index (χ4n) is 2.21. The average molecular weight is 380 g/mol. The molecule has 1 N–H and O–H groups in total. The Morgan fingerprint density at radius 2 is 1.85 bits per heavy atom. The van der Waals surface area contributed by atoms with Gasteiger partial charge in [0.1, 0.15) is 0 Å². The van der Waals surface area contributed by atoms with Crippen molar-refractivity contribution in [1.82, 2.24) is 5.32 Å². The van der Waals surface area contributed by atoms with Crippen LogP contribution in [-0.4, -0.2) is 49.3 Å². The first-order valence-corrected chi connectivity index (χ1v) is 8.37. The number of methoxy groups -OCH3 is 3. The van der Waals surface area contributed by atoms with Crippen molar-refractivity contribution in [3.05, 3.63) is 17.7 Å². The Kier molecular flexibility index (Phi) is 6.45. The number of amides is 1. The first kappa shape index (κ1) is 19.6. The van der Waals surface area contributed by atoms with Crippen LogP contribution in [0, 0.1) is 0 Å². The highest BCUT2D eigenvalue weighted by atomic mass is 32.2. The minimum atomic E-state index is -1.30. The van der Waals surface area contributed by atoms with Crippen molar-refractivity contribution in [2.75, 3.05) is 21.3 Å². The molecule has 2 rings (SSSR count). The lowest BCUT2D eigenvalue weighted by atomic mass is 10.1. The van der Waals surface area contributed by atoms with E-state index in [4.69, 9.17) is 14.2 Å². The van der Waals surface area contributed by atoms with E-state index in [-0.39, 0.29) is 11.6 Å². The predicted molar refractivity (Wildman–Crippen MR) is 94.9 cm³/mol. The molecule has 1 aliphatic rings. The van der Waals surface area contributed by atoms with Gasteiger partial charge in [-0.05, 0) is 19.1 Å². The Morgan fingerprint density at radius 1 is 1.23 bits per heavy atom. The summed E-state index contributed by atoms with van der Waals surface area (Å²) in [5, 5.41) is 20.6. The van der Waals surface area contributed by atoms with Gasteiger partial charge in [-0.2, -0.15) is 5.10 Å². The Morgan fingerprint density at radius 3 is 2.35 bits per heavy atom. The molecule has 0 saturated carbocycles. The standard InChI is InChI=1S/C16H19N3O6S/c1-8(9-5-10(23-2)14(25-4)11(6-9)24-3)18-19-16-17-15(22)12(26-16)7-13(20)21/h5-6,12H,7H2,1-4H3,(H,20,21)(H,17,19,22)/p-1/b18-8-/t12-/m1/s1. The smallest absolute Gasteiger partial charge is 0.239 e. The number of rotatable bonds is 7. The second-order valence-corrected chi connectivity index (χ2v) is 6.37. The van der Waals surface area contributed by atoms with Crippen LogP contribution in [0.3, 0.4) is 0 Å². The van der Waals surface area contributed by atoms with Crippen LogP contribution in [0.25, 0.3) is 0 Å². The van der Waals surface area contributed by atoms with Gasteiger partial charge in [-0.1, -0.05) is 11.8 Å². The molecular weight excluding hydrogens is 362 g/mol. The maximum Gasteiger partial charge on any atom is 0.239 e. The van der Waals surface area contributed by atoms with Gasteiger partial charge in [-0.15, -0.1) is 5.10 Å². The van der Waals surface area contributed by atoms with E-state index >= 15 is 0 Å². The first-order valence-electron chi connectivity index (χ1n) is 7.49. The lowest BCUT2D eigenvalue weighted by molar-refractivity contribution is -0.305. The molecule has 0 unspecified atom stereocenters. The van der Waals surface area contributed by atoms with Crippen LogP contribution in [-0.2, 0) is 9.59 Å². The summed E-state index contributed by atoms with van der Waals surface area (Å²) in [6.45, 7) is 1.73. The van der Waals surface area contributed by atoms with E-state index in [2.05, 4.69) is 15.5 Å². The highest BCUT2D eigenvalue weighted by Gasteiger charge is 2.30. The molecule has 140 valence electrons. The predicted octanol–water partition coefficient (Wildman–Crippen LogP) is 0.164. The minimum Gasteiger partial charge on any atom is -0.550 e. The summed E-state index contributed by atoms with van der Waals surface area (Å²) >= 11 is 0.998. The fraction of sp³-hybridized carbons (Fsp3) is 0.375. The summed E-state index contributed by atoms with van der Waals surface area (Å²) in [4.78, 5) is 22.3. The molecule has 0 spiro atoms. The highest BCUT2D eigenvalue weighted by Crippen LogP contribution is 2.38. The van der Waals surface area contributed by atoms with Crippen LogP contribution in [0.15, 0.2) is 22.3 Å². The average Bonchev–Trinajstić information content (AvgIpc) is 2.97. The van der Waals surface area contributed by atoms with Crippen LogP contribution in [0.2, 0.25) is 0 Å². The van der Waals surface area contributed by atoms with Gasteiger partial charge >= 0.3 is 0 Å². The van der Waals surface area contributed by atoms with Gasteiger partial charge in [0.25, 0.3) is 0 Å². The molecule has 1 aromatic carbocycles. The number of benzene rings is 1. The molecule has 1 amide bonds. The number of ether oxygens (including phenoxy) is 3. The third kappa shape index (κ3) is 4.45. The summed E-state index contributed by atoms with van der Waals surface area (Å²) < 4.78 is 15.9. The Balaban J connectivity index is 2.25. The normalized spacial score (nSPS) is 18.6. The molecule has 1 aliphatic heterocycles. The van der Waals surface area contributed by atoms with Gasteiger partial charge in [0.2, 0.25) is 11.7 Å². The van der Waals surface area contributed by atoms with Crippen LogP contribution >= 0.6 is 11.8 Å². The molecular formula is C16H18N3O6S-. The van der Waals surface area contributed by atoms with Crippen molar-refractivity contribution >= 4 is 34.5 Å². The third-order valence-electron chi connectivity index (χ3n) is 3.50. The van der Waals surface area contributed by atoms with Crippen LogP contribution in [0.4, 0.5) is 0 Å². The molecule has 26 heavy (non-hydrogen) atoms. The number of hydrogen-bond donors (Lipinski definition) is 1. The number of amidine groups is 1. The SMILES string of the molecule is COc1cc(/C(C)=N\N=C2\NC(=O)[C@@H](CC(=O)[O-])S2)cc(OC)c1OC. The number of carbonyl (C=O) groups excluding carboxylic acids is 2. The van der Waals surface area contributed by atoms with E-state index < -0.39 is 17.1 Å². The molecule has 0 aliphatic carbocycles. The zero-order valence-corrected chi connectivity index (χ0v) is 15.5. The summed E-state index contributed by atoms with van der Waals surface area (Å²) in [5.41, 5.74) is 1.22. The van der Waals surface area contributed by atoms with E-state index in [1.807, 2.05) is 0 Å². The summed E-state index contributed by atoms with van der Waals surface area (Å²) in [7, 11) is 4.53. The van der Waals surface area contributed by atoms with Crippen molar-refractivity contribution in [2.24, 2.45) is 10.2 Å². The molecule has 0 radical (unpaired) electrons. The topological polar surface area (TPSA) is 122 Å². The van der Waals surface area contributed by atoms with Gasteiger partial charge in [0.05, 0.1) is 32.3 Å². The first-order chi connectivity index (χ1) is 12.4. The Bertz CT molecular complexity index is 752. The number of carboxylic acids is 1. The molecule has 1 fully saturated rings. The second kappa shape index (κ2) is 8.56. The van der Waals surface area contributed by atoms with Crippen molar-refractivity contribution in [3.8, 4) is 17.2 Å². The molecule has 10 heteroatoms. The fourth-order valence-corrected chi connectivity index (χ4v) is 3.11. The lowest BCUT2D eigenvalue weighted by Crippen LogP contribution is -2.31. The number of aliphatic carboxylic acids is 1. The van der Waals surface area contributed by atoms with Gasteiger partial charge in [-0.25, -0.2) is 0 Å². The van der Waals surface area contributed by atoms with E-state index in [9.17, 15) is 14.7 Å². The van der Waals surface area contributed by atoms with E-state index in [0.717, 1.165) is 11.8 Å². The zero-order chi connectivity index (χ0) is 19.3. The largest absolute Gasteiger partial charge is 0.550 e. The molecule has 0 bridgehead atoms. The van der Waals surface area contributed by atoms with E-state index in [1.165, 1.54) is 21.3 Å². The Labute approximate surface area is 154 Å². The maximum absolute atomic E-state index is 11.7. The van der Waals surface area contributed by atoms with Crippen LogP contribution in [0.1, 0.15) is 18.9 Å². The molecule has 1 heterocycles. The van der Waals surface area contributed by atoms with E-state index in [0.29, 0.717) is 28.5 Å². The van der Waals surface area contributed by atoms with Crippen LogP contribution < -0.4 is 24.6 Å². The van der Waals surface area contributed by atoms with Crippen molar-refractivity contribution in [2.45, 2.75) is 18.6 Å². The second-order valence-electron chi connectivity index (χ2n) is 5.18. The minimum absolute atomic E-state index is 0.230. The van der Waals surface area contributed by atoms with Gasteiger partial charge in [0, 0.05) is 18.0 Å². The number of carbonyl (C=O) groups is 2. The Hall–Kier alpha value is -2.75. The van der Waals surface area contributed by atoms with Gasteiger partial charge < -0.3 is 29.4 Å². The van der Waals surface area contributed by atoms with Crippen molar-refractivity contribution < 1.29 is 28.9 Å². The molecule has 1 saturated heterocycles. The van der Waals surface area contributed by atoms with Gasteiger partial charge in [-0.3, -0.25) is 4.79 Å². The highest BCUT2D eigenvalue weighted by molar-refractivity contribution is 8.15. The number of nitrogens with zero attached hydrogens (tertiary/aromatic N) is 2. The van der Waals surface area contributed by atoms with Gasteiger partial charge in [0.15, 0.2) is 16.7 Å². The molecule has 0 aromatic heterocycles. The maximum atomic E-state index is 11.7. The number of hydrogen-bond acceptors (Lipinski definition) is 9. The summed E-state index contributed by atoms with van der Waals surface area (Å²) in [6, 6.07) is 3.44. The molecule has 1 aromatic rings. The quantitative estimate of drug-likeness (QED) is 0.528. The number of thioether (sulfide) groups is 1. The zero-order valence-electron chi connectivity index (χ0n) is 14.7. The van der Waals surface area contributed by atoms with Crippen LogP contribution in [0.5, 0.6) is 17.2 Å². The summed E-state index contributed by atoms with van der Waals surface area (Å²) in [6.07, 6.45) is -0.384. The van der Waals surface area contributed by atoms with Crippen molar-refractivity contribution in [3.63, 3.8) is 0 Å². The monoisotopic (exact) mass is 380 g/mol. The number of nitrogens with one attached hydrogen (secondary N) is 1. The van der Waals surface area contributed by atoms with Crippen molar-refractivity contribution in [1.29, 1.82) is 0 Å². The lowest BCUT2D eigenvalue weighted by Gasteiger charge is -2.13. The molecule has 9 nitrogen and oxygen atoms in total. The third-order valence-corrected chi connectivity index (χ3v) is 4.57. The molecule has 1 atom stereocenters. The summed E-state index contributed by atoms with van der Waals surface area (Å²) in [5.74, 6) is -0.320. The van der Waals surface area contributed by atoms with E-state index in [1.54, 1.807) is 19.1 Å². The number of carboxylic acid groups (broad SMARTS) is 1.